The van der Waals surface area contributed by atoms with Crippen molar-refractivity contribution in [2.24, 2.45) is 5.92 Å². The fourth-order valence-corrected chi connectivity index (χ4v) is 3.96. The van der Waals surface area contributed by atoms with E-state index in [1.165, 1.54) is 31.0 Å². The smallest absolute Gasteiger partial charge is 0.233 e. The summed E-state index contributed by atoms with van der Waals surface area (Å²) in [6.07, 6.45) is 6.46. The van der Waals surface area contributed by atoms with Gasteiger partial charge in [0.15, 0.2) is 5.16 Å². The van der Waals surface area contributed by atoms with Crippen LogP contribution in [0, 0.1) is 5.92 Å². The number of carbonyl (C=O) groups is 1. The monoisotopic (exact) mass is 344 g/mol. The van der Waals surface area contributed by atoms with Gasteiger partial charge in [-0.2, -0.15) is 0 Å². The zero-order valence-corrected chi connectivity index (χ0v) is 15.0. The second-order valence-corrected chi connectivity index (χ2v) is 7.76. The Labute approximate surface area is 147 Å². The molecule has 3 atom stereocenters. The van der Waals surface area contributed by atoms with E-state index < -0.39 is 0 Å². The van der Waals surface area contributed by atoms with E-state index in [-0.39, 0.29) is 11.2 Å². The van der Waals surface area contributed by atoms with Crippen LogP contribution >= 0.6 is 11.8 Å². The van der Waals surface area contributed by atoms with Gasteiger partial charge in [-0.25, -0.2) is 0 Å². The normalized spacial score (nSPS) is 22.1. The van der Waals surface area contributed by atoms with Gasteiger partial charge in [0.25, 0.3) is 0 Å². The van der Waals surface area contributed by atoms with Gasteiger partial charge >= 0.3 is 0 Å². The van der Waals surface area contributed by atoms with Crippen molar-refractivity contribution < 1.29 is 4.79 Å². The van der Waals surface area contributed by atoms with E-state index in [0.717, 1.165) is 17.3 Å². The average molecular weight is 344 g/mol. The van der Waals surface area contributed by atoms with Crippen LogP contribution in [-0.4, -0.2) is 32.0 Å². The number of carbonyl (C=O) groups excluding carboxylic acids is 1. The zero-order chi connectivity index (χ0) is 16.9. The van der Waals surface area contributed by atoms with Crippen molar-refractivity contribution >= 4 is 17.7 Å². The molecule has 2 aromatic rings. The highest BCUT2D eigenvalue weighted by molar-refractivity contribution is 8.00. The van der Waals surface area contributed by atoms with Gasteiger partial charge in [-0.3, -0.25) is 9.36 Å². The molecule has 0 spiro atoms. The Kier molecular flexibility index (Phi) is 5.56. The van der Waals surface area contributed by atoms with Crippen molar-refractivity contribution in [1.29, 1.82) is 0 Å². The van der Waals surface area contributed by atoms with Crippen molar-refractivity contribution in [2.75, 3.05) is 0 Å². The van der Waals surface area contributed by atoms with Crippen LogP contribution < -0.4 is 5.32 Å². The summed E-state index contributed by atoms with van der Waals surface area (Å²) < 4.78 is 1.91. The van der Waals surface area contributed by atoms with E-state index in [4.69, 9.17) is 0 Å². The maximum atomic E-state index is 12.5. The molecule has 1 aliphatic rings. The van der Waals surface area contributed by atoms with E-state index in [2.05, 4.69) is 22.4 Å². The van der Waals surface area contributed by atoms with Gasteiger partial charge in [-0.1, -0.05) is 49.7 Å². The molecule has 3 rings (SSSR count). The van der Waals surface area contributed by atoms with Crippen LogP contribution in [0.1, 0.15) is 39.5 Å². The molecule has 1 heterocycles. The second kappa shape index (κ2) is 7.83. The van der Waals surface area contributed by atoms with Gasteiger partial charge in [-0.05, 0) is 37.8 Å². The number of aromatic nitrogens is 3. The van der Waals surface area contributed by atoms with Crippen LogP contribution in [-0.2, 0) is 4.79 Å². The first kappa shape index (κ1) is 17.0. The third kappa shape index (κ3) is 3.98. The number of amides is 1. The molecule has 5 nitrogen and oxygen atoms in total. The van der Waals surface area contributed by atoms with Gasteiger partial charge in [0.2, 0.25) is 5.91 Å². The van der Waals surface area contributed by atoms with Crippen LogP contribution in [0.5, 0.6) is 0 Å². The maximum absolute atomic E-state index is 12.5. The first-order valence-electron chi connectivity index (χ1n) is 8.57. The standard InChI is InChI=1S/C18H24N4OS/c1-13-8-6-7-11-16(13)20-17(23)14(2)24-18-21-19-12-22(18)15-9-4-3-5-10-15/h3-5,9-10,12-14,16H,6-8,11H2,1-2H3,(H,20,23)/t13-,14-,16+/m1/s1. The van der Waals surface area contributed by atoms with Crippen LogP contribution in [0.15, 0.2) is 41.8 Å². The van der Waals surface area contributed by atoms with E-state index in [1.54, 1.807) is 6.33 Å². The molecule has 0 unspecified atom stereocenters. The molecule has 1 N–H and O–H groups in total. The van der Waals surface area contributed by atoms with Gasteiger partial charge in [0, 0.05) is 11.7 Å². The first-order chi connectivity index (χ1) is 11.6. The molecule has 1 aliphatic carbocycles. The Morgan fingerprint density at radius 1 is 1.29 bits per heavy atom. The summed E-state index contributed by atoms with van der Waals surface area (Å²) in [5, 5.41) is 11.9. The Morgan fingerprint density at radius 3 is 2.79 bits per heavy atom. The minimum Gasteiger partial charge on any atom is -0.352 e. The lowest BCUT2D eigenvalue weighted by Gasteiger charge is -2.30. The Morgan fingerprint density at radius 2 is 2.04 bits per heavy atom. The number of thioether (sulfide) groups is 1. The van der Waals surface area contributed by atoms with E-state index >= 15 is 0 Å². The zero-order valence-electron chi connectivity index (χ0n) is 14.2. The molecule has 128 valence electrons. The van der Waals surface area contributed by atoms with Crippen LogP contribution in [0.2, 0.25) is 0 Å². The van der Waals surface area contributed by atoms with Crippen molar-refractivity contribution in [3.63, 3.8) is 0 Å². The average Bonchev–Trinajstić information content (AvgIpc) is 3.05. The lowest BCUT2D eigenvalue weighted by Crippen LogP contribution is -2.44. The molecule has 1 aromatic carbocycles. The molecular weight excluding hydrogens is 320 g/mol. The quantitative estimate of drug-likeness (QED) is 0.844. The molecule has 6 heteroatoms. The highest BCUT2D eigenvalue weighted by atomic mass is 32.2. The number of hydrogen-bond donors (Lipinski definition) is 1. The highest BCUT2D eigenvalue weighted by Crippen LogP contribution is 2.26. The summed E-state index contributed by atoms with van der Waals surface area (Å²) in [4.78, 5) is 12.5. The van der Waals surface area contributed by atoms with E-state index in [0.29, 0.717) is 12.0 Å². The minimum absolute atomic E-state index is 0.0846. The summed E-state index contributed by atoms with van der Waals surface area (Å²) in [5.74, 6) is 0.647. The third-order valence-corrected chi connectivity index (χ3v) is 5.70. The molecule has 1 aromatic heterocycles. The van der Waals surface area contributed by atoms with E-state index in [9.17, 15) is 4.79 Å². The highest BCUT2D eigenvalue weighted by Gasteiger charge is 2.26. The van der Waals surface area contributed by atoms with E-state index in [1.807, 2.05) is 41.8 Å². The predicted molar refractivity (Wildman–Crippen MR) is 96.2 cm³/mol. The molecule has 0 radical (unpaired) electrons. The second-order valence-electron chi connectivity index (χ2n) is 6.46. The molecule has 1 amide bonds. The maximum Gasteiger partial charge on any atom is 0.233 e. The van der Waals surface area contributed by atoms with Crippen LogP contribution in [0.4, 0.5) is 0 Å². The van der Waals surface area contributed by atoms with Crippen molar-refractivity contribution in [3.05, 3.63) is 36.7 Å². The van der Waals surface area contributed by atoms with Crippen molar-refractivity contribution in [2.45, 2.75) is 56.0 Å². The van der Waals surface area contributed by atoms with Gasteiger partial charge in [0.05, 0.1) is 5.25 Å². The summed E-state index contributed by atoms with van der Waals surface area (Å²) in [7, 11) is 0. The minimum atomic E-state index is -0.203. The first-order valence-corrected chi connectivity index (χ1v) is 9.45. The summed E-state index contributed by atoms with van der Waals surface area (Å²) in [6.45, 7) is 4.16. The predicted octanol–water partition coefficient (Wildman–Crippen LogP) is 3.44. The van der Waals surface area contributed by atoms with Crippen LogP contribution in [0.25, 0.3) is 5.69 Å². The molecule has 0 saturated heterocycles. The summed E-state index contributed by atoms with van der Waals surface area (Å²) >= 11 is 1.45. The summed E-state index contributed by atoms with van der Waals surface area (Å²) in [5.41, 5.74) is 0.999. The largest absolute Gasteiger partial charge is 0.352 e. The lowest BCUT2D eigenvalue weighted by molar-refractivity contribution is -0.121. The van der Waals surface area contributed by atoms with Crippen molar-refractivity contribution in [1.82, 2.24) is 20.1 Å². The molecule has 0 aliphatic heterocycles. The fraction of sp³-hybridized carbons (Fsp3) is 0.500. The Bertz CT molecular complexity index is 673. The number of hydrogen-bond acceptors (Lipinski definition) is 4. The molecule has 0 bridgehead atoms. The molecule has 1 fully saturated rings. The number of rotatable bonds is 5. The Balaban J connectivity index is 1.64. The number of para-hydroxylation sites is 1. The van der Waals surface area contributed by atoms with Gasteiger partial charge in [0.1, 0.15) is 6.33 Å². The SMILES string of the molecule is C[C@@H]1CCCC[C@@H]1NC(=O)[C@@H](C)Sc1nncn1-c1ccccc1. The molecule has 1 saturated carbocycles. The summed E-state index contributed by atoms with van der Waals surface area (Å²) in [6, 6.07) is 10.2. The lowest BCUT2D eigenvalue weighted by atomic mass is 9.86. The topological polar surface area (TPSA) is 59.8 Å². The number of nitrogens with one attached hydrogen (secondary N) is 1. The van der Waals surface area contributed by atoms with Crippen molar-refractivity contribution in [3.8, 4) is 5.69 Å². The number of benzene rings is 1. The number of nitrogens with zero attached hydrogens (tertiary/aromatic N) is 3. The van der Waals surface area contributed by atoms with Gasteiger partial charge < -0.3 is 5.32 Å². The Hall–Kier alpha value is -1.82. The van der Waals surface area contributed by atoms with Gasteiger partial charge in [-0.15, -0.1) is 10.2 Å². The van der Waals surface area contributed by atoms with Crippen LogP contribution in [0.3, 0.4) is 0 Å². The molecular formula is C18H24N4OS. The third-order valence-electron chi connectivity index (χ3n) is 4.64. The fourth-order valence-electron chi connectivity index (χ4n) is 3.11. The molecule has 24 heavy (non-hydrogen) atoms.